The monoisotopic (exact) mass is 207 g/mol. The average Bonchev–Trinajstić information content (AvgIpc) is 2.75. The van der Waals surface area contributed by atoms with Crippen LogP contribution in [0.1, 0.15) is 5.76 Å². The summed E-state index contributed by atoms with van der Waals surface area (Å²) >= 11 is 0. The fraction of sp³-hybridized carbons (Fsp3) is 0. The van der Waals surface area contributed by atoms with Crippen LogP contribution in [0.25, 0.3) is 0 Å². The number of rotatable bonds is 2. The first-order valence-corrected chi connectivity index (χ1v) is 3.96. The number of aliphatic carboxylic acids is 1. The number of carboxylic acid groups (broad SMARTS) is 1. The topological polar surface area (TPSA) is 89.1 Å². The van der Waals surface area contributed by atoms with Crippen LogP contribution in [0.3, 0.4) is 0 Å². The molecule has 0 atom stereocenters. The highest BCUT2D eigenvalue weighted by atomic mass is 16.6. The second-order valence-corrected chi connectivity index (χ2v) is 2.65. The maximum Gasteiger partial charge on any atom is 0.364 e. The van der Waals surface area contributed by atoms with E-state index >= 15 is 0 Å². The standard InChI is InChI=1S/C9H5NO5/c11-7(12)4-5-9(13)15-8(10-5)6-2-1-3-14-6/h1-4H,(H,11,12)/b5-4+. The molecule has 6 nitrogen and oxygen atoms in total. The van der Waals surface area contributed by atoms with Crippen LogP contribution < -0.4 is 0 Å². The Bertz CT molecular complexity index is 469. The zero-order valence-corrected chi connectivity index (χ0v) is 7.34. The summed E-state index contributed by atoms with van der Waals surface area (Å²) < 4.78 is 9.64. The molecule has 0 spiro atoms. The molecule has 15 heavy (non-hydrogen) atoms. The van der Waals surface area contributed by atoms with E-state index in [0.717, 1.165) is 0 Å². The van der Waals surface area contributed by atoms with Crippen molar-refractivity contribution >= 4 is 17.8 Å². The molecule has 0 fully saturated rings. The van der Waals surface area contributed by atoms with Crippen LogP contribution in [0, 0.1) is 0 Å². The Balaban J connectivity index is 2.32. The highest BCUT2D eigenvalue weighted by molar-refractivity contribution is 6.11. The highest BCUT2D eigenvalue weighted by Gasteiger charge is 2.26. The number of furan rings is 1. The summed E-state index contributed by atoms with van der Waals surface area (Å²) in [5, 5.41) is 8.43. The molecule has 1 aliphatic rings. The van der Waals surface area contributed by atoms with Gasteiger partial charge in [0.15, 0.2) is 11.5 Å². The van der Waals surface area contributed by atoms with Crippen LogP contribution in [0.2, 0.25) is 0 Å². The lowest BCUT2D eigenvalue weighted by atomic mass is 10.4. The first-order valence-electron chi connectivity index (χ1n) is 3.96. The van der Waals surface area contributed by atoms with Crippen LogP contribution in [0.5, 0.6) is 0 Å². The zero-order chi connectivity index (χ0) is 10.8. The molecule has 1 aromatic rings. The third-order valence-corrected chi connectivity index (χ3v) is 1.61. The van der Waals surface area contributed by atoms with Gasteiger partial charge < -0.3 is 14.3 Å². The van der Waals surface area contributed by atoms with Gasteiger partial charge in [-0.05, 0) is 12.1 Å². The van der Waals surface area contributed by atoms with E-state index in [9.17, 15) is 9.59 Å². The average molecular weight is 207 g/mol. The van der Waals surface area contributed by atoms with Crippen molar-refractivity contribution < 1.29 is 23.8 Å². The Hall–Kier alpha value is -2.37. The molecular formula is C9H5NO5. The van der Waals surface area contributed by atoms with Crippen molar-refractivity contribution in [2.75, 3.05) is 0 Å². The number of esters is 1. The number of aliphatic imine (C=N–C) groups is 1. The van der Waals surface area contributed by atoms with Crippen LogP contribution in [0.4, 0.5) is 0 Å². The molecule has 0 bridgehead atoms. The molecule has 0 saturated heterocycles. The van der Waals surface area contributed by atoms with Crippen molar-refractivity contribution in [2.24, 2.45) is 4.99 Å². The molecule has 0 unspecified atom stereocenters. The first-order chi connectivity index (χ1) is 7.16. The van der Waals surface area contributed by atoms with Gasteiger partial charge >= 0.3 is 11.9 Å². The lowest BCUT2D eigenvalue weighted by Crippen LogP contribution is -2.04. The number of ether oxygens (including phenoxy) is 1. The summed E-state index contributed by atoms with van der Waals surface area (Å²) in [4.78, 5) is 25.1. The number of hydrogen-bond donors (Lipinski definition) is 1. The third-order valence-electron chi connectivity index (χ3n) is 1.61. The van der Waals surface area contributed by atoms with Crippen LogP contribution in [-0.4, -0.2) is 22.9 Å². The number of carboxylic acids is 1. The molecule has 1 aliphatic heterocycles. The molecule has 2 rings (SSSR count). The Morgan fingerprint density at radius 2 is 2.33 bits per heavy atom. The smallest absolute Gasteiger partial charge is 0.364 e. The first kappa shape index (κ1) is 9.20. The summed E-state index contributed by atoms with van der Waals surface area (Å²) in [6.45, 7) is 0. The minimum atomic E-state index is -1.26. The molecule has 2 heterocycles. The molecule has 0 amide bonds. The van der Waals surface area contributed by atoms with E-state index in [-0.39, 0.29) is 17.4 Å². The molecule has 76 valence electrons. The van der Waals surface area contributed by atoms with Gasteiger partial charge in [0.2, 0.25) is 0 Å². The van der Waals surface area contributed by atoms with Crippen LogP contribution in [-0.2, 0) is 14.3 Å². The summed E-state index contributed by atoms with van der Waals surface area (Å²) in [7, 11) is 0. The van der Waals surface area contributed by atoms with Crippen molar-refractivity contribution in [3.63, 3.8) is 0 Å². The van der Waals surface area contributed by atoms with Crippen molar-refractivity contribution in [1.82, 2.24) is 0 Å². The zero-order valence-electron chi connectivity index (χ0n) is 7.34. The van der Waals surface area contributed by atoms with Crippen molar-refractivity contribution in [3.05, 3.63) is 35.9 Å². The van der Waals surface area contributed by atoms with Gasteiger partial charge in [0.1, 0.15) is 0 Å². The normalized spacial score (nSPS) is 17.7. The lowest BCUT2D eigenvalue weighted by molar-refractivity contribution is -0.133. The fourth-order valence-corrected chi connectivity index (χ4v) is 1.03. The summed E-state index contributed by atoms with van der Waals surface area (Å²) in [5.41, 5.74) is -0.256. The predicted octanol–water partition coefficient (Wildman–Crippen LogP) is 0.551. The van der Waals surface area contributed by atoms with Gasteiger partial charge in [-0.25, -0.2) is 14.6 Å². The maximum absolute atomic E-state index is 11.1. The molecule has 0 radical (unpaired) electrons. The van der Waals surface area contributed by atoms with Crippen LogP contribution in [0.15, 0.2) is 39.6 Å². The van der Waals surface area contributed by atoms with Gasteiger partial charge in [-0.2, -0.15) is 0 Å². The lowest BCUT2D eigenvalue weighted by Gasteiger charge is -1.91. The highest BCUT2D eigenvalue weighted by Crippen LogP contribution is 2.16. The van der Waals surface area contributed by atoms with E-state index in [1.807, 2.05) is 0 Å². The summed E-state index contributed by atoms with van der Waals surface area (Å²) in [5.74, 6) is -1.81. The Labute approximate surface area is 83.5 Å². The SMILES string of the molecule is O=C(O)/C=C1/N=C(c2ccco2)OC1=O. The number of nitrogens with zero attached hydrogens (tertiary/aromatic N) is 1. The van der Waals surface area contributed by atoms with Gasteiger partial charge in [-0.15, -0.1) is 0 Å². The quantitative estimate of drug-likeness (QED) is 0.565. The molecule has 1 aromatic heterocycles. The van der Waals surface area contributed by atoms with E-state index in [0.29, 0.717) is 6.08 Å². The minimum absolute atomic E-state index is 0.0301. The largest absolute Gasteiger partial charge is 0.478 e. The molecule has 1 N–H and O–H groups in total. The number of cyclic esters (lactones) is 1. The number of hydrogen-bond acceptors (Lipinski definition) is 5. The van der Waals surface area contributed by atoms with E-state index < -0.39 is 11.9 Å². The van der Waals surface area contributed by atoms with E-state index in [1.165, 1.54) is 6.26 Å². The van der Waals surface area contributed by atoms with E-state index in [1.54, 1.807) is 12.1 Å². The predicted molar refractivity (Wildman–Crippen MR) is 47.1 cm³/mol. The molecular weight excluding hydrogens is 202 g/mol. The fourth-order valence-electron chi connectivity index (χ4n) is 1.03. The molecule has 0 saturated carbocycles. The van der Waals surface area contributed by atoms with Gasteiger partial charge in [0.05, 0.1) is 12.3 Å². The van der Waals surface area contributed by atoms with Gasteiger partial charge in [-0.3, -0.25) is 0 Å². The minimum Gasteiger partial charge on any atom is -0.478 e. The van der Waals surface area contributed by atoms with E-state index in [2.05, 4.69) is 4.99 Å². The van der Waals surface area contributed by atoms with Gasteiger partial charge in [-0.1, -0.05) is 0 Å². The van der Waals surface area contributed by atoms with Gasteiger partial charge in [0, 0.05) is 0 Å². The molecule has 0 aliphatic carbocycles. The Kier molecular flexibility index (Phi) is 2.09. The Morgan fingerprint density at radius 1 is 1.53 bits per heavy atom. The second kappa shape index (κ2) is 3.41. The van der Waals surface area contributed by atoms with Crippen molar-refractivity contribution in [1.29, 1.82) is 0 Å². The summed E-state index contributed by atoms with van der Waals surface area (Å²) in [6.07, 6.45) is 2.07. The van der Waals surface area contributed by atoms with Gasteiger partial charge in [0.25, 0.3) is 5.90 Å². The molecule has 0 aromatic carbocycles. The van der Waals surface area contributed by atoms with Crippen LogP contribution >= 0.6 is 0 Å². The number of carbonyl (C=O) groups excluding carboxylic acids is 1. The number of carbonyl (C=O) groups is 2. The maximum atomic E-state index is 11.1. The summed E-state index contributed by atoms with van der Waals surface area (Å²) in [6, 6.07) is 3.15. The van der Waals surface area contributed by atoms with E-state index in [4.69, 9.17) is 14.3 Å². The van der Waals surface area contributed by atoms with Crippen molar-refractivity contribution in [3.8, 4) is 0 Å². The second-order valence-electron chi connectivity index (χ2n) is 2.65. The Morgan fingerprint density at radius 3 is 2.93 bits per heavy atom. The molecule has 6 heteroatoms. The third kappa shape index (κ3) is 1.78. The van der Waals surface area contributed by atoms with Crippen molar-refractivity contribution in [2.45, 2.75) is 0 Å².